The van der Waals surface area contributed by atoms with Gasteiger partial charge < -0.3 is 4.74 Å². The number of ether oxygens (including phenoxy) is 1. The summed E-state index contributed by atoms with van der Waals surface area (Å²) < 4.78 is 57.1. The molecule has 0 bridgehead atoms. The third-order valence-electron chi connectivity index (χ3n) is 4.50. The fourth-order valence-electron chi connectivity index (χ4n) is 3.04. The Morgan fingerprint density at radius 1 is 0.800 bits per heavy atom. The summed E-state index contributed by atoms with van der Waals surface area (Å²) in [6.07, 6.45) is 0. The summed E-state index contributed by atoms with van der Waals surface area (Å²) in [5, 5.41) is -2.82. The third-order valence-corrected chi connectivity index (χ3v) is 9.25. The number of Topliss-reactive ketones (excluding diaryl/α,β-unsaturated/α-hetero) is 1. The van der Waals surface area contributed by atoms with Crippen LogP contribution in [0.5, 0.6) is 5.75 Å². The molecular formula is C22H20O6S2. The summed E-state index contributed by atoms with van der Waals surface area (Å²) in [7, 11) is -7.18. The maximum Gasteiger partial charge on any atom is 0.192 e. The van der Waals surface area contributed by atoms with Crippen molar-refractivity contribution in [2.75, 3.05) is 12.2 Å². The van der Waals surface area contributed by atoms with E-state index in [0.717, 1.165) is 0 Å². The van der Waals surface area contributed by atoms with E-state index in [1.165, 1.54) is 55.6 Å². The molecule has 1 atom stereocenters. The second kappa shape index (κ2) is 8.81. The zero-order chi connectivity index (χ0) is 21.8. The number of hydrogen-bond donors (Lipinski definition) is 0. The first-order valence-electron chi connectivity index (χ1n) is 8.97. The van der Waals surface area contributed by atoms with Crippen LogP contribution in [-0.4, -0.2) is 34.8 Å². The van der Waals surface area contributed by atoms with Crippen molar-refractivity contribution in [3.63, 3.8) is 0 Å². The molecule has 0 saturated carbocycles. The van der Waals surface area contributed by atoms with Gasteiger partial charge in [-0.2, -0.15) is 0 Å². The Labute approximate surface area is 176 Å². The predicted octanol–water partition coefficient (Wildman–Crippen LogP) is 3.47. The van der Waals surface area contributed by atoms with Crippen molar-refractivity contribution in [1.29, 1.82) is 0 Å². The van der Waals surface area contributed by atoms with Crippen LogP contribution >= 0.6 is 0 Å². The first-order valence-corrected chi connectivity index (χ1v) is 12.3. The van der Waals surface area contributed by atoms with E-state index >= 15 is 0 Å². The van der Waals surface area contributed by atoms with Crippen LogP contribution in [-0.2, 0) is 19.7 Å². The van der Waals surface area contributed by atoms with Gasteiger partial charge in [0.2, 0.25) is 0 Å². The number of hydrogen-bond acceptors (Lipinski definition) is 6. The van der Waals surface area contributed by atoms with Crippen LogP contribution < -0.4 is 4.74 Å². The van der Waals surface area contributed by atoms with Crippen molar-refractivity contribution >= 4 is 25.5 Å². The van der Waals surface area contributed by atoms with Crippen molar-refractivity contribution < 1.29 is 26.4 Å². The second-order valence-corrected chi connectivity index (χ2v) is 11.0. The zero-order valence-electron chi connectivity index (χ0n) is 16.1. The average Bonchev–Trinajstić information content (AvgIpc) is 2.74. The van der Waals surface area contributed by atoms with E-state index < -0.39 is 35.8 Å². The summed E-state index contributed by atoms with van der Waals surface area (Å²) in [5.41, 5.74) is 0.410. The van der Waals surface area contributed by atoms with E-state index in [4.69, 9.17) is 4.74 Å². The number of methoxy groups -OCH3 is 1. The fourth-order valence-corrected chi connectivity index (χ4v) is 7.44. The molecule has 0 spiro atoms. The summed E-state index contributed by atoms with van der Waals surface area (Å²) in [5.74, 6) is -0.232. The van der Waals surface area contributed by atoms with E-state index in [0.29, 0.717) is 5.75 Å². The third kappa shape index (κ3) is 4.77. The highest BCUT2D eigenvalue weighted by atomic mass is 32.3. The van der Waals surface area contributed by atoms with Crippen molar-refractivity contribution in [2.45, 2.75) is 10.1 Å². The Kier molecular flexibility index (Phi) is 6.38. The van der Waals surface area contributed by atoms with Gasteiger partial charge in [0.05, 0.1) is 12.0 Å². The lowest BCUT2D eigenvalue weighted by Gasteiger charge is -2.17. The smallest absolute Gasteiger partial charge is 0.192 e. The van der Waals surface area contributed by atoms with Crippen LogP contribution in [0.3, 0.4) is 0 Å². The van der Waals surface area contributed by atoms with Crippen molar-refractivity contribution in [1.82, 2.24) is 0 Å². The number of carbonyl (C=O) groups is 1. The van der Waals surface area contributed by atoms with Gasteiger partial charge in [0.1, 0.15) is 5.75 Å². The summed E-state index contributed by atoms with van der Waals surface area (Å²) in [4.78, 5) is 12.9. The van der Waals surface area contributed by atoms with Gasteiger partial charge in [-0.1, -0.05) is 60.7 Å². The minimum absolute atomic E-state index is 0.161. The van der Waals surface area contributed by atoms with Crippen LogP contribution in [0.4, 0.5) is 0 Å². The van der Waals surface area contributed by atoms with Crippen LogP contribution in [0.25, 0.3) is 0 Å². The number of benzene rings is 3. The molecule has 0 aliphatic heterocycles. The molecule has 0 aromatic heterocycles. The molecule has 1 unspecified atom stereocenters. The van der Waals surface area contributed by atoms with Crippen LogP contribution in [0.15, 0.2) is 89.8 Å². The van der Waals surface area contributed by atoms with Gasteiger partial charge in [-0.05, 0) is 29.8 Å². The van der Waals surface area contributed by atoms with Crippen molar-refractivity contribution in [3.8, 4) is 5.75 Å². The largest absolute Gasteiger partial charge is 0.497 e. The molecule has 6 nitrogen and oxygen atoms in total. The lowest BCUT2D eigenvalue weighted by molar-refractivity contribution is 0.0987. The van der Waals surface area contributed by atoms with Crippen LogP contribution in [0, 0.1) is 0 Å². The minimum atomic E-state index is -4.41. The Balaban J connectivity index is 2.02. The van der Waals surface area contributed by atoms with Gasteiger partial charge in [-0.15, -0.1) is 0 Å². The molecular weight excluding hydrogens is 424 g/mol. The average molecular weight is 445 g/mol. The maximum atomic E-state index is 13.2. The van der Waals surface area contributed by atoms with Gasteiger partial charge >= 0.3 is 0 Å². The standard InChI is InChI=1S/C22H20O6S2/c1-28-19-12-14-20(15-13-19)29(24,25)16-30(26,27)22(18-10-6-3-7-11-18)21(23)17-8-4-2-5-9-17/h2-15,22H,16H2,1H3. The molecule has 8 heteroatoms. The quantitative estimate of drug-likeness (QED) is 0.494. The lowest BCUT2D eigenvalue weighted by atomic mass is 10.0. The molecule has 3 rings (SSSR count). The van der Waals surface area contributed by atoms with Gasteiger partial charge in [0, 0.05) is 5.56 Å². The number of carbonyl (C=O) groups excluding carboxylic acids is 1. The Hall–Kier alpha value is -2.97. The topological polar surface area (TPSA) is 94.6 Å². The Bertz CT molecular complexity index is 1220. The number of rotatable bonds is 8. The molecule has 0 fully saturated rings. The molecule has 0 N–H and O–H groups in total. The zero-order valence-corrected chi connectivity index (χ0v) is 17.8. The van der Waals surface area contributed by atoms with Gasteiger partial charge in [-0.25, -0.2) is 16.8 Å². The summed E-state index contributed by atoms with van der Waals surface area (Å²) >= 11 is 0. The van der Waals surface area contributed by atoms with E-state index in [1.807, 2.05) is 0 Å². The maximum absolute atomic E-state index is 13.2. The molecule has 156 valence electrons. The molecule has 3 aromatic carbocycles. The van der Waals surface area contributed by atoms with E-state index in [2.05, 4.69) is 0 Å². The van der Waals surface area contributed by atoms with Gasteiger partial charge in [0.15, 0.2) is 35.8 Å². The Morgan fingerprint density at radius 2 is 1.33 bits per heavy atom. The molecule has 0 aliphatic rings. The predicted molar refractivity (Wildman–Crippen MR) is 114 cm³/mol. The number of sulfone groups is 2. The first kappa shape index (κ1) is 21.7. The molecule has 0 radical (unpaired) electrons. The lowest BCUT2D eigenvalue weighted by Crippen LogP contribution is -2.28. The van der Waals surface area contributed by atoms with Gasteiger partial charge in [-0.3, -0.25) is 4.79 Å². The summed E-state index contributed by atoms with van der Waals surface area (Å²) in [6.45, 7) is 0. The van der Waals surface area contributed by atoms with E-state index in [-0.39, 0.29) is 16.0 Å². The highest BCUT2D eigenvalue weighted by Gasteiger charge is 2.38. The SMILES string of the molecule is COc1ccc(S(=O)(=O)CS(=O)(=O)C(C(=O)c2ccccc2)c2ccccc2)cc1. The minimum Gasteiger partial charge on any atom is -0.497 e. The first-order chi connectivity index (χ1) is 14.2. The number of ketones is 1. The highest BCUT2D eigenvalue weighted by molar-refractivity contribution is 8.08. The van der Waals surface area contributed by atoms with E-state index in [9.17, 15) is 21.6 Å². The van der Waals surface area contributed by atoms with Gasteiger partial charge in [0.25, 0.3) is 0 Å². The highest BCUT2D eigenvalue weighted by Crippen LogP contribution is 2.30. The normalized spacial score (nSPS) is 12.8. The molecule has 0 aliphatic carbocycles. The molecule has 0 saturated heterocycles. The van der Waals surface area contributed by atoms with Crippen molar-refractivity contribution in [3.05, 3.63) is 96.1 Å². The van der Waals surface area contributed by atoms with E-state index in [1.54, 1.807) is 36.4 Å². The monoisotopic (exact) mass is 444 g/mol. The van der Waals surface area contributed by atoms with Crippen molar-refractivity contribution in [2.24, 2.45) is 0 Å². The molecule has 0 amide bonds. The van der Waals surface area contributed by atoms with Crippen LogP contribution in [0.2, 0.25) is 0 Å². The molecule has 3 aromatic rings. The molecule has 30 heavy (non-hydrogen) atoms. The second-order valence-electron chi connectivity index (χ2n) is 6.59. The fraction of sp³-hybridized carbons (Fsp3) is 0.136. The summed E-state index contributed by atoms with van der Waals surface area (Å²) in [6, 6.07) is 21.3. The Morgan fingerprint density at radius 3 is 1.87 bits per heavy atom. The molecule has 0 heterocycles. The van der Waals surface area contributed by atoms with Crippen LogP contribution in [0.1, 0.15) is 21.2 Å².